The quantitative estimate of drug-likeness (QED) is 0.136. The van der Waals surface area contributed by atoms with Gasteiger partial charge >= 0.3 is 52.6 Å². The van der Waals surface area contributed by atoms with Crippen LogP contribution >= 0.6 is 0 Å². The molecule has 8 heteroatoms. The molecule has 27 heavy (non-hydrogen) atoms. The standard InChI is InChI=1S/C12H26O4S.C7H7.ClH.Mg.Na/c1-2-3-4-5-6-7-8-9-10-11-12-16-17(13,14)15;1-7-5-3-2-4-6-7;;;/h2-12H2,1H3,(H,13,14,15);2-6H,1H2;1H;;/q;-1;;+2;+1/p-2. The van der Waals surface area contributed by atoms with Crippen molar-refractivity contribution < 1.29 is 59.1 Å². The molecule has 0 heterocycles. The summed E-state index contributed by atoms with van der Waals surface area (Å²) in [6, 6.07) is 9.87. The molecule has 0 saturated heterocycles. The zero-order valence-corrected chi connectivity index (χ0v) is 22.0. The molecule has 0 aliphatic rings. The summed E-state index contributed by atoms with van der Waals surface area (Å²) in [6.07, 6.45) is 11.7. The van der Waals surface area contributed by atoms with E-state index in [1.54, 1.807) is 0 Å². The van der Waals surface area contributed by atoms with Gasteiger partial charge in [-0.25, -0.2) is 8.42 Å². The molecule has 1 aromatic carbocycles. The smallest absolute Gasteiger partial charge is 1.00 e. The SMILES string of the molecule is CCCCCCCCCCCCOS(=O)(=O)[O-].[CH2-]c1ccccc1.[Cl-].[Mg+2].[Na+]. The molecule has 0 saturated carbocycles. The fourth-order valence-electron chi connectivity index (χ4n) is 2.23. The summed E-state index contributed by atoms with van der Waals surface area (Å²) in [5.41, 5.74) is 1.07. The summed E-state index contributed by atoms with van der Waals surface area (Å²) in [5, 5.41) is 0. The molecular formula is C19H32ClMgNaO4S. The molecule has 0 radical (unpaired) electrons. The van der Waals surface area contributed by atoms with Crippen LogP contribution in [0.25, 0.3) is 0 Å². The molecule has 0 aromatic heterocycles. The van der Waals surface area contributed by atoms with E-state index in [1.165, 1.54) is 44.9 Å². The van der Waals surface area contributed by atoms with Crippen LogP contribution in [0, 0.1) is 6.92 Å². The summed E-state index contributed by atoms with van der Waals surface area (Å²) >= 11 is 0. The van der Waals surface area contributed by atoms with Crippen LogP contribution in [0.3, 0.4) is 0 Å². The van der Waals surface area contributed by atoms with Gasteiger partial charge in [-0.2, -0.15) is 24.6 Å². The number of halogens is 1. The van der Waals surface area contributed by atoms with Gasteiger partial charge in [-0.3, -0.25) is 4.18 Å². The third kappa shape index (κ3) is 31.9. The van der Waals surface area contributed by atoms with E-state index in [-0.39, 0.29) is 71.6 Å². The molecule has 1 aromatic rings. The van der Waals surface area contributed by atoms with Gasteiger partial charge in [-0.1, -0.05) is 70.8 Å². The topological polar surface area (TPSA) is 66.4 Å². The van der Waals surface area contributed by atoms with Crippen LogP contribution in [0.2, 0.25) is 0 Å². The molecule has 4 nitrogen and oxygen atoms in total. The summed E-state index contributed by atoms with van der Waals surface area (Å²) in [5.74, 6) is 0. The van der Waals surface area contributed by atoms with Crippen molar-refractivity contribution in [3.63, 3.8) is 0 Å². The third-order valence-electron chi connectivity index (χ3n) is 3.57. The van der Waals surface area contributed by atoms with Gasteiger partial charge in [-0.15, -0.1) is 12.1 Å². The first-order chi connectivity index (χ1) is 11.5. The Morgan fingerprint density at radius 2 is 1.30 bits per heavy atom. The van der Waals surface area contributed by atoms with Crippen molar-refractivity contribution in [2.45, 2.75) is 71.1 Å². The van der Waals surface area contributed by atoms with Crippen molar-refractivity contribution in [3.8, 4) is 0 Å². The van der Waals surface area contributed by atoms with Gasteiger partial charge in [0.25, 0.3) is 0 Å². The van der Waals surface area contributed by atoms with Crippen molar-refractivity contribution in [3.05, 3.63) is 42.8 Å². The fraction of sp³-hybridized carbons (Fsp3) is 0.632. The molecule has 1 rings (SSSR count). The molecule has 0 aliphatic heterocycles. The average Bonchev–Trinajstić information content (AvgIpc) is 2.53. The van der Waals surface area contributed by atoms with Crippen molar-refractivity contribution in [2.75, 3.05) is 6.61 Å². The van der Waals surface area contributed by atoms with E-state index < -0.39 is 10.4 Å². The summed E-state index contributed by atoms with van der Waals surface area (Å²) < 4.78 is 34.5. The molecule has 148 valence electrons. The first kappa shape index (κ1) is 35.5. The zero-order chi connectivity index (χ0) is 18.1. The minimum Gasteiger partial charge on any atom is -1.00 e. The van der Waals surface area contributed by atoms with Crippen molar-refractivity contribution in [1.29, 1.82) is 0 Å². The Kier molecular flexibility index (Phi) is 32.9. The van der Waals surface area contributed by atoms with E-state index >= 15 is 0 Å². The van der Waals surface area contributed by atoms with Crippen molar-refractivity contribution in [1.82, 2.24) is 0 Å². The molecule has 0 fully saturated rings. The Balaban J connectivity index is -0.000000224. The Bertz CT molecular complexity index is 490. The number of hydrogen-bond donors (Lipinski definition) is 0. The predicted octanol–water partition coefficient (Wildman–Crippen LogP) is -1.12. The van der Waals surface area contributed by atoms with E-state index in [2.05, 4.69) is 18.0 Å². The second kappa shape index (κ2) is 25.1. The van der Waals surface area contributed by atoms with Crippen molar-refractivity contribution >= 4 is 33.5 Å². The Morgan fingerprint density at radius 3 is 1.63 bits per heavy atom. The molecule has 0 bridgehead atoms. The normalized spacial score (nSPS) is 9.70. The Hall–Kier alpha value is 1.02. The van der Waals surface area contributed by atoms with Crippen LogP contribution in [-0.2, 0) is 14.6 Å². The molecule has 0 amide bonds. The Morgan fingerprint density at radius 1 is 0.889 bits per heavy atom. The Labute approximate surface area is 211 Å². The van der Waals surface area contributed by atoms with Gasteiger partial charge in [0.2, 0.25) is 10.4 Å². The number of benzene rings is 1. The monoisotopic (exact) mass is 438 g/mol. The zero-order valence-electron chi connectivity index (χ0n) is 17.0. The molecular weight excluding hydrogens is 407 g/mol. The average molecular weight is 439 g/mol. The molecule has 0 atom stereocenters. The van der Waals surface area contributed by atoms with Gasteiger partial charge in [0.1, 0.15) is 0 Å². The van der Waals surface area contributed by atoms with Gasteiger partial charge in [0, 0.05) is 0 Å². The van der Waals surface area contributed by atoms with E-state index in [9.17, 15) is 13.0 Å². The second-order valence-electron chi connectivity index (χ2n) is 5.90. The molecule has 0 aliphatic carbocycles. The molecule has 0 N–H and O–H groups in total. The third-order valence-corrected chi connectivity index (χ3v) is 4.02. The van der Waals surface area contributed by atoms with Crippen LogP contribution in [0.5, 0.6) is 0 Å². The molecule has 0 spiro atoms. The van der Waals surface area contributed by atoms with E-state index in [1.807, 2.05) is 30.3 Å². The summed E-state index contributed by atoms with van der Waals surface area (Å²) in [6.45, 7) is 5.96. The van der Waals surface area contributed by atoms with Gasteiger partial charge < -0.3 is 17.0 Å². The number of unbranched alkanes of at least 4 members (excludes halogenated alkanes) is 9. The van der Waals surface area contributed by atoms with Gasteiger partial charge in [0.05, 0.1) is 6.61 Å². The second-order valence-corrected chi connectivity index (χ2v) is 6.95. The van der Waals surface area contributed by atoms with Crippen LogP contribution < -0.4 is 42.0 Å². The van der Waals surface area contributed by atoms with Crippen LogP contribution in [0.4, 0.5) is 0 Å². The summed E-state index contributed by atoms with van der Waals surface area (Å²) in [4.78, 5) is 0. The molecule has 0 unspecified atom stereocenters. The van der Waals surface area contributed by atoms with E-state index in [0.717, 1.165) is 18.4 Å². The first-order valence-corrected chi connectivity index (χ1v) is 10.3. The summed E-state index contributed by atoms with van der Waals surface area (Å²) in [7, 11) is -4.48. The van der Waals surface area contributed by atoms with Crippen LogP contribution in [0.1, 0.15) is 76.7 Å². The predicted molar refractivity (Wildman–Crippen MR) is 104 cm³/mol. The fourth-order valence-corrected chi connectivity index (χ4v) is 2.55. The first-order valence-electron chi connectivity index (χ1n) is 8.93. The largest absolute Gasteiger partial charge is 2.00 e. The minimum atomic E-state index is -4.48. The maximum Gasteiger partial charge on any atom is 2.00 e. The minimum absolute atomic E-state index is 0. The maximum absolute atomic E-state index is 10.1. The number of rotatable bonds is 12. The van der Waals surface area contributed by atoms with Crippen LogP contribution in [-0.4, -0.2) is 42.6 Å². The van der Waals surface area contributed by atoms with Crippen LogP contribution in [0.15, 0.2) is 30.3 Å². The number of hydrogen-bond acceptors (Lipinski definition) is 4. The maximum atomic E-state index is 10.1. The van der Waals surface area contributed by atoms with E-state index in [0.29, 0.717) is 6.42 Å². The van der Waals surface area contributed by atoms with Gasteiger partial charge in [-0.05, 0) is 6.42 Å². The van der Waals surface area contributed by atoms with Crippen molar-refractivity contribution in [2.24, 2.45) is 0 Å². The van der Waals surface area contributed by atoms with E-state index in [4.69, 9.17) is 0 Å². The van der Waals surface area contributed by atoms with Gasteiger partial charge in [0.15, 0.2) is 0 Å².